The number of fused-ring (bicyclic) bond motifs is 1. The fourth-order valence-electron chi connectivity index (χ4n) is 2.42. The molecule has 21 heavy (non-hydrogen) atoms. The van der Waals surface area contributed by atoms with E-state index in [1.54, 1.807) is 19.4 Å². The number of pyridine rings is 1. The topological polar surface area (TPSA) is 39.2 Å². The molecule has 0 saturated heterocycles. The molecule has 0 unspecified atom stereocenters. The van der Waals surface area contributed by atoms with Gasteiger partial charge in [0.1, 0.15) is 5.75 Å². The number of carbonyl (C=O) groups excluding carboxylic acids is 1. The molecule has 1 aromatic heterocycles. The molecule has 0 radical (unpaired) electrons. The van der Waals surface area contributed by atoms with E-state index in [1.165, 1.54) is 0 Å². The number of hydrogen-bond acceptors (Lipinski definition) is 3. The SMILES string of the molecule is COc1cc(C(=O)c2cccc3ncccc23)ccc1C. The molecule has 0 N–H and O–H groups in total. The summed E-state index contributed by atoms with van der Waals surface area (Å²) in [4.78, 5) is 17.0. The second-order valence-corrected chi connectivity index (χ2v) is 4.89. The lowest BCUT2D eigenvalue weighted by Crippen LogP contribution is -2.03. The van der Waals surface area contributed by atoms with Gasteiger partial charge in [-0.25, -0.2) is 0 Å². The van der Waals surface area contributed by atoms with Crippen molar-refractivity contribution < 1.29 is 9.53 Å². The third-order valence-electron chi connectivity index (χ3n) is 3.56. The van der Waals surface area contributed by atoms with Crippen molar-refractivity contribution in [3.63, 3.8) is 0 Å². The standard InChI is InChI=1S/C18H15NO2/c1-12-8-9-13(11-17(12)21-2)18(20)15-5-3-7-16-14(15)6-4-10-19-16/h3-11H,1-2H3. The number of aromatic nitrogens is 1. The van der Waals surface area contributed by atoms with Gasteiger partial charge in [0, 0.05) is 22.7 Å². The maximum atomic E-state index is 12.8. The van der Waals surface area contributed by atoms with Crippen LogP contribution >= 0.6 is 0 Å². The summed E-state index contributed by atoms with van der Waals surface area (Å²) in [6.45, 7) is 1.95. The fraction of sp³-hybridized carbons (Fsp3) is 0.111. The van der Waals surface area contributed by atoms with Crippen molar-refractivity contribution in [2.75, 3.05) is 7.11 Å². The van der Waals surface area contributed by atoms with Gasteiger partial charge < -0.3 is 4.74 Å². The Hall–Kier alpha value is -2.68. The first-order valence-electron chi connectivity index (χ1n) is 6.74. The zero-order valence-electron chi connectivity index (χ0n) is 12.0. The van der Waals surface area contributed by atoms with Gasteiger partial charge in [0.15, 0.2) is 5.78 Å². The van der Waals surface area contributed by atoms with Gasteiger partial charge in [-0.05, 0) is 30.7 Å². The predicted molar refractivity (Wildman–Crippen MR) is 82.9 cm³/mol. The molecule has 3 aromatic rings. The minimum atomic E-state index is -0.0214. The van der Waals surface area contributed by atoms with Crippen LogP contribution in [-0.4, -0.2) is 17.9 Å². The van der Waals surface area contributed by atoms with Crippen LogP contribution in [0.25, 0.3) is 10.9 Å². The Kier molecular flexibility index (Phi) is 3.40. The van der Waals surface area contributed by atoms with Crippen molar-refractivity contribution in [1.82, 2.24) is 4.98 Å². The van der Waals surface area contributed by atoms with E-state index in [9.17, 15) is 4.79 Å². The van der Waals surface area contributed by atoms with Crippen LogP contribution in [0, 0.1) is 6.92 Å². The van der Waals surface area contributed by atoms with Crippen LogP contribution in [-0.2, 0) is 0 Å². The Balaban J connectivity index is 2.13. The average Bonchev–Trinajstić information content (AvgIpc) is 2.54. The number of rotatable bonds is 3. The Morgan fingerprint density at radius 3 is 2.76 bits per heavy atom. The maximum absolute atomic E-state index is 12.8. The van der Waals surface area contributed by atoms with Gasteiger partial charge in [-0.2, -0.15) is 0 Å². The van der Waals surface area contributed by atoms with Crippen molar-refractivity contribution in [3.05, 3.63) is 71.4 Å². The summed E-state index contributed by atoms with van der Waals surface area (Å²) in [5.74, 6) is 0.700. The molecule has 0 fully saturated rings. The van der Waals surface area contributed by atoms with Crippen molar-refractivity contribution in [3.8, 4) is 5.75 Å². The quantitative estimate of drug-likeness (QED) is 0.684. The van der Waals surface area contributed by atoms with Crippen molar-refractivity contribution in [2.45, 2.75) is 6.92 Å². The van der Waals surface area contributed by atoms with Crippen LogP contribution in [0.2, 0.25) is 0 Å². The van der Waals surface area contributed by atoms with Crippen LogP contribution in [0.3, 0.4) is 0 Å². The number of ether oxygens (including phenoxy) is 1. The lowest BCUT2D eigenvalue weighted by Gasteiger charge is -2.08. The number of aryl methyl sites for hydroxylation is 1. The van der Waals surface area contributed by atoms with E-state index in [0.717, 1.165) is 22.2 Å². The largest absolute Gasteiger partial charge is 0.496 e. The van der Waals surface area contributed by atoms with E-state index in [2.05, 4.69) is 4.98 Å². The van der Waals surface area contributed by atoms with E-state index < -0.39 is 0 Å². The number of methoxy groups -OCH3 is 1. The monoisotopic (exact) mass is 277 g/mol. The summed E-state index contributed by atoms with van der Waals surface area (Å²) in [6, 6.07) is 14.9. The second-order valence-electron chi connectivity index (χ2n) is 4.89. The molecule has 3 rings (SSSR count). The lowest BCUT2D eigenvalue weighted by atomic mass is 9.98. The summed E-state index contributed by atoms with van der Waals surface area (Å²) in [5.41, 5.74) is 3.11. The van der Waals surface area contributed by atoms with Crippen LogP contribution in [0.4, 0.5) is 0 Å². The molecule has 0 atom stereocenters. The van der Waals surface area contributed by atoms with Crippen molar-refractivity contribution in [1.29, 1.82) is 0 Å². The summed E-state index contributed by atoms with van der Waals surface area (Å²) in [7, 11) is 1.61. The average molecular weight is 277 g/mol. The van der Waals surface area contributed by atoms with Crippen LogP contribution in [0.5, 0.6) is 5.75 Å². The first-order valence-corrected chi connectivity index (χ1v) is 6.74. The minimum absolute atomic E-state index is 0.0214. The number of hydrogen-bond donors (Lipinski definition) is 0. The van der Waals surface area contributed by atoms with Gasteiger partial charge >= 0.3 is 0 Å². The highest BCUT2D eigenvalue weighted by Gasteiger charge is 2.14. The van der Waals surface area contributed by atoms with Gasteiger partial charge in [0.2, 0.25) is 0 Å². The molecule has 2 aromatic carbocycles. The molecule has 0 saturated carbocycles. The molecule has 0 amide bonds. The molecule has 0 bridgehead atoms. The molecule has 0 aliphatic rings. The predicted octanol–water partition coefficient (Wildman–Crippen LogP) is 3.78. The lowest BCUT2D eigenvalue weighted by molar-refractivity contribution is 0.104. The van der Waals surface area contributed by atoms with E-state index in [0.29, 0.717) is 11.1 Å². The number of carbonyl (C=O) groups is 1. The second kappa shape index (κ2) is 5.37. The Morgan fingerprint density at radius 1 is 1.10 bits per heavy atom. The normalized spacial score (nSPS) is 10.6. The zero-order chi connectivity index (χ0) is 14.8. The summed E-state index contributed by atoms with van der Waals surface area (Å²) in [5, 5.41) is 0.865. The van der Waals surface area contributed by atoms with Gasteiger partial charge in [-0.1, -0.05) is 30.3 Å². The summed E-state index contributed by atoms with van der Waals surface area (Å²) < 4.78 is 5.29. The molecule has 1 heterocycles. The molecule has 3 heteroatoms. The molecule has 3 nitrogen and oxygen atoms in total. The maximum Gasteiger partial charge on any atom is 0.193 e. The minimum Gasteiger partial charge on any atom is -0.496 e. The van der Waals surface area contributed by atoms with Gasteiger partial charge in [0.25, 0.3) is 0 Å². The Labute approximate surface area is 123 Å². The Bertz CT molecular complexity index is 819. The molecule has 104 valence electrons. The first-order chi connectivity index (χ1) is 10.2. The third kappa shape index (κ3) is 2.38. The first kappa shape index (κ1) is 13.3. The van der Waals surface area contributed by atoms with Crippen molar-refractivity contribution >= 4 is 16.7 Å². The van der Waals surface area contributed by atoms with Crippen LogP contribution < -0.4 is 4.74 Å². The van der Waals surface area contributed by atoms with E-state index in [1.807, 2.05) is 49.4 Å². The number of ketones is 1. The zero-order valence-corrected chi connectivity index (χ0v) is 12.0. The summed E-state index contributed by atoms with van der Waals surface area (Å²) >= 11 is 0. The molecule has 0 aliphatic carbocycles. The smallest absolute Gasteiger partial charge is 0.193 e. The third-order valence-corrected chi connectivity index (χ3v) is 3.56. The molecular weight excluding hydrogens is 262 g/mol. The van der Waals surface area contributed by atoms with Gasteiger partial charge in [0.05, 0.1) is 12.6 Å². The molecule has 0 aliphatic heterocycles. The fourth-order valence-corrected chi connectivity index (χ4v) is 2.42. The highest BCUT2D eigenvalue weighted by Crippen LogP contribution is 2.24. The summed E-state index contributed by atoms with van der Waals surface area (Å²) in [6.07, 6.45) is 1.73. The number of nitrogens with zero attached hydrogens (tertiary/aromatic N) is 1. The van der Waals surface area contributed by atoms with Crippen LogP contribution in [0.15, 0.2) is 54.7 Å². The van der Waals surface area contributed by atoms with Gasteiger partial charge in [-0.15, -0.1) is 0 Å². The highest BCUT2D eigenvalue weighted by molar-refractivity contribution is 6.16. The number of benzene rings is 2. The van der Waals surface area contributed by atoms with E-state index >= 15 is 0 Å². The van der Waals surface area contributed by atoms with Gasteiger partial charge in [-0.3, -0.25) is 9.78 Å². The molecular formula is C18H15NO2. The van der Waals surface area contributed by atoms with E-state index in [4.69, 9.17) is 4.74 Å². The molecule has 0 spiro atoms. The van der Waals surface area contributed by atoms with Crippen molar-refractivity contribution in [2.24, 2.45) is 0 Å². The highest BCUT2D eigenvalue weighted by atomic mass is 16.5. The van der Waals surface area contributed by atoms with Crippen LogP contribution in [0.1, 0.15) is 21.5 Å². The van der Waals surface area contributed by atoms with E-state index in [-0.39, 0.29) is 5.78 Å². The Morgan fingerprint density at radius 2 is 1.95 bits per heavy atom.